The van der Waals surface area contributed by atoms with Crippen molar-refractivity contribution in [3.05, 3.63) is 51.4 Å². The average molecular weight is 289 g/mol. The highest BCUT2D eigenvalue weighted by Crippen LogP contribution is 2.18. The van der Waals surface area contributed by atoms with E-state index in [4.69, 9.17) is 11.6 Å². The van der Waals surface area contributed by atoms with Crippen molar-refractivity contribution in [1.82, 2.24) is 19.6 Å². The van der Waals surface area contributed by atoms with Gasteiger partial charge in [-0.1, -0.05) is 24.9 Å². The highest BCUT2D eigenvalue weighted by Gasteiger charge is 2.09. The third-order valence-electron chi connectivity index (χ3n) is 3.01. The van der Waals surface area contributed by atoms with Gasteiger partial charge in [0, 0.05) is 16.7 Å². The standard InChI is InChI=1S/C14H13ClN4O/c1-2-3-11-8-12(20)19-14(16-11)17-13(18-19)9-4-6-10(15)7-5-9/h4-8H,2-3H2,1H3,(H,16,17,18). The van der Waals surface area contributed by atoms with E-state index >= 15 is 0 Å². The van der Waals surface area contributed by atoms with Gasteiger partial charge in [0.15, 0.2) is 5.82 Å². The highest BCUT2D eigenvalue weighted by molar-refractivity contribution is 6.30. The van der Waals surface area contributed by atoms with Gasteiger partial charge in [0.1, 0.15) is 0 Å². The lowest BCUT2D eigenvalue weighted by Gasteiger charge is -1.96. The molecule has 1 N–H and O–H groups in total. The summed E-state index contributed by atoms with van der Waals surface area (Å²) in [7, 11) is 0. The molecular weight excluding hydrogens is 276 g/mol. The Kier molecular flexibility index (Phi) is 3.28. The molecule has 20 heavy (non-hydrogen) atoms. The summed E-state index contributed by atoms with van der Waals surface area (Å²) in [5, 5.41) is 3.61. The number of aromatic nitrogens is 4. The van der Waals surface area contributed by atoms with Crippen molar-refractivity contribution in [1.29, 1.82) is 0 Å². The van der Waals surface area contributed by atoms with Gasteiger partial charge in [0.25, 0.3) is 11.3 Å². The zero-order valence-corrected chi connectivity index (χ0v) is 11.7. The lowest BCUT2D eigenvalue weighted by atomic mass is 10.2. The van der Waals surface area contributed by atoms with E-state index in [1.807, 2.05) is 19.1 Å². The van der Waals surface area contributed by atoms with Crippen LogP contribution in [0.5, 0.6) is 0 Å². The van der Waals surface area contributed by atoms with Crippen molar-refractivity contribution in [2.24, 2.45) is 0 Å². The summed E-state index contributed by atoms with van der Waals surface area (Å²) < 4.78 is 1.35. The molecule has 1 aromatic carbocycles. The van der Waals surface area contributed by atoms with Crippen LogP contribution in [0, 0.1) is 0 Å². The number of benzene rings is 1. The van der Waals surface area contributed by atoms with E-state index in [1.54, 1.807) is 18.2 Å². The Morgan fingerprint density at radius 3 is 2.70 bits per heavy atom. The van der Waals surface area contributed by atoms with Crippen molar-refractivity contribution in [2.75, 3.05) is 0 Å². The van der Waals surface area contributed by atoms with E-state index < -0.39 is 0 Å². The Morgan fingerprint density at radius 1 is 1.25 bits per heavy atom. The van der Waals surface area contributed by atoms with E-state index in [-0.39, 0.29) is 5.56 Å². The maximum Gasteiger partial charge on any atom is 0.274 e. The second-order valence-electron chi connectivity index (χ2n) is 4.55. The third kappa shape index (κ3) is 2.32. The average Bonchev–Trinajstić information content (AvgIpc) is 2.84. The zero-order valence-electron chi connectivity index (χ0n) is 10.9. The second kappa shape index (κ2) is 5.09. The Hall–Kier alpha value is -2.14. The SMILES string of the molecule is CCCc1cc(=O)n2[nH]c(-c3ccc(Cl)cc3)nc2n1. The molecule has 0 saturated carbocycles. The Morgan fingerprint density at radius 2 is 2.00 bits per heavy atom. The van der Waals surface area contributed by atoms with Crippen molar-refractivity contribution in [3.63, 3.8) is 0 Å². The van der Waals surface area contributed by atoms with Crippen LogP contribution < -0.4 is 5.56 Å². The Balaban J connectivity index is 2.12. The van der Waals surface area contributed by atoms with Crippen LogP contribution in [0.2, 0.25) is 5.02 Å². The molecular formula is C14H13ClN4O. The number of H-pyrrole nitrogens is 1. The summed E-state index contributed by atoms with van der Waals surface area (Å²) in [5.41, 5.74) is 1.48. The van der Waals surface area contributed by atoms with Crippen molar-refractivity contribution >= 4 is 17.4 Å². The fraction of sp³-hybridized carbons (Fsp3) is 0.214. The van der Waals surface area contributed by atoms with E-state index in [0.717, 1.165) is 24.1 Å². The summed E-state index contributed by atoms with van der Waals surface area (Å²) in [6.07, 6.45) is 1.71. The van der Waals surface area contributed by atoms with Crippen molar-refractivity contribution < 1.29 is 0 Å². The van der Waals surface area contributed by atoms with Crippen LogP contribution >= 0.6 is 11.6 Å². The normalized spacial score (nSPS) is 11.1. The van der Waals surface area contributed by atoms with Gasteiger partial charge in [-0.05, 0) is 30.7 Å². The number of rotatable bonds is 3. The lowest BCUT2D eigenvalue weighted by molar-refractivity contribution is 0.838. The Labute approximate surface area is 120 Å². The maximum atomic E-state index is 12.0. The molecule has 6 heteroatoms. The zero-order chi connectivity index (χ0) is 14.1. The van der Waals surface area contributed by atoms with Crippen LogP contribution in [0.1, 0.15) is 19.0 Å². The quantitative estimate of drug-likeness (QED) is 0.806. The molecule has 3 aromatic rings. The molecule has 2 heterocycles. The van der Waals surface area contributed by atoms with E-state index in [0.29, 0.717) is 16.6 Å². The monoisotopic (exact) mass is 288 g/mol. The molecule has 0 atom stereocenters. The number of nitrogens with zero attached hydrogens (tertiary/aromatic N) is 3. The number of fused-ring (bicyclic) bond motifs is 1. The van der Waals surface area contributed by atoms with E-state index in [9.17, 15) is 4.79 Å². The number of halogens is 1. The summed E-state index contributed by atoms with van der Waals surface area (Å²) >= 11 is 5.86. The number of aryl methyl sites for hydroxylation is 1. The fourth-order valence-corrected chi connectivity index (χ4v) is 2.17. The first-order valence-electron chi connectivity index (χ1n) is 6.42. The smallest absolute Gasteiger partial charge is 0.271 e. The summed E-state index contributed by atoms with van der Waals surface area (Å²) in [5.74, 6) is 0.991. The van der Waals surface area contributed by atoms with E-state index in [2.05, 4.69) is 15.1 Å². The first-order chi connectivity index (χ1) is 9.67. The van der Waals surface area contributed by atoms with E-state index in [1.165, 1.54) is 4.52 Å². The molecule has 0 spiro atoms. The third-order valence-corrected chi connectivity index (χ3v) is 3.26. The molecule has 2 aromatic heterocycles. The maximum absolute atomic E-state index is 12.0. The molecule has 0 saturated heterocycles. The fourth-order valence-electron chi connectivity index (χ4n) is 2.05. The van der Waals surface area contributed by atoms with Crippen molar-refractivity contribution in [3.8, 4) is 11.4 Å². The summed E-state index contributed by atoms with van der Waals surface area (Å²) in [6.45, 7) is 2.05. The molecule has 0 aliphatic heterocycles. The highest BCUT2D eigenvalue weighted by atomic mass is 35.5. The van der Waals surface area contributed by atoms with Crippen LogP contribution in [0.15, 0.2) is 35.1 Å². The first kappa shape index (κ1) is 12.9. The topological polar surface area (TPSA) is 63.0 Å². The van der Waals surface area contributed by atoms with Gasteiger partial charge >= 0.3 is 0 Å². The molecule has 5 nitrogen and oxygen atoms in total. The van der Waals surface area contributed by atoms with Gasteiger partial charge < -0.3 is 0 Å². The molecule has 102 valence electrons. The molecule has 0 unspecified atom stereocenters. The van der Waals surface area contributed by atoms with Gasteiger partial charge in [-0.15, -0.1) is 0 Å². The summed E-state index contributed by atoms with van der Waals surface area (Å²) in [6, 6.07) is 8.79. The minimum atomic E-state index is -0.147. The number of nitrogens with one attached hydrogen (secondary N) is 1. The molecule has 0 aliphatic carbocycles. The van der Waals surface area contributed by atoms with Gasteiger partial charge in [0.05, 0.1) is 5.69 Å². The van der Waals surface area contributed by atoms with Crippen LogP contribution in [-0.2, 0) is 6.42 Å². The lowest BCUT2D eigenvalue weighted by Crippen LogP contribution is -2.15. The second-order valence-corrected chi connectivity index (χ2v) is 4.99. The summed E-state index contributed by atoms with van der Waals surface area (Å²) in [4.78, 5) is 20.8. The largest absolute Gasteiger partial charge is 0.274 e. The van der Waals surface area contributed by atoms with Gasteiger partial charge in [-0.25, -0.2) is 4.98 Å². The van der Waals surface area contributed by atoms with Crippen LogP contribution in [-0.4, -0.2) is 19.6 Å². The number of hydrogen-bond donors (Lipinski definition) is 1. The Bertz CT molecular complexity index is 804. The minimum absolute atomic E-state index is 0.147. The van der Waals surface area contributed by atoms with Gasteiger partial charge in [-0.2, -0.15) is 9.50 Å². The van der Waals surface area contributed by atoms with Gasteiger partial charge in [0.2, 0.25) is 0 Å². The number of hydrogen-bond acceptors (Lipinski definition) is 3. The number of aromatic amines is 1. The molecule has 3 rings (SSSR count). The van der Waals surface area contributed by atoms with Crippen LogP contribution in [0.25, 0.3) is 17.2 Å². The predicted molar refractivity (Wildman–Crippen MR) is 78.0 cm³/mol. The van der Waals surface area contributed by atoms with Gasteiger partial charge in [-0.3, -0.25) is 9.89 Å². The molecule has 0 fully saturated rings. The van der Waals surface area contributed by atoms with Crippen LogP contribution in [0.3, 0.4) is 0 Å². The van der Waals surface area contributed by atoms with Crippen LogP contribution in [0.4, 0.5) is 0 Å². The molecule has 0 bridgehead atoms. The molecule has 0 radical (unpaired) electrons. The first-order valence-corrected chi connectivity index (χ1v) is 6.80. The predicted octanol–water partition coefficient (Wildman–Crippen LogP) is 2.69. The molecule has 0 aliphatic rings. The molecule has 0 amide bonds. The van der Waals surface area contributed by atoms with Crippen molar-refractivity contribution in [2.45, 2.75) is 19.8 Å². The minimum Gasteiger partial charge on any atom is -0.271 e.